The molecule has 0 aliphatic heterocycles. The topological polar surface area (TPSA) is 55.1 Å². The number of benzene rings is 1. The number of nitrogens with one attached hydrogen (secondary N) is 1. The fourth-order valence-electron chi connectivity index (χ4n) is 1.45. The van der Waals surface area contributed by atoms with Crippen LogP contribution in [0.5, 0.6) is 0 Å². The molecule has 0 aromatic heterocycles. The second kappa shape index (κ2) is 7.31. The van der Waals surface area contributed by atoms with E-state index in [9.17, 15) is 8.60 Å². The zero-order valence-corrected chi connectivity index (χ0v) is 13.9. The number of hydrogen-bond donors (Lipinski definition) is 2. The van der Waals surface area contributed by atoms with E-state index in [4.69, 9.17) is 18.0 Å². The molecule has 1 rings (SSSR count). The van der Waals surface area contributed by atoms with Crippen LogP contribution in [0.3, 0.4) is 0 Å². The molecule has 3 nitrogen and oxygen atoms in total. The standard InChI is InChI=1S/C12H16BrFN2OS2/c1-7(19(2)17)5-6-16-9-4-3-8(12(15)18)10(13)11(9)14/h3-4,7,16H,5-6H2,1-2H3,(H2,15,18). The van der Waals surface area contributed by atoms with E-state index in [2.05, 4.69) is 21.2 Å². The van der Waals surface area contributed by atoms with Gasteiger partial charge in [-0.25, -0.2) is 4.39 Å². The fourth-order valence-corrected chi connectivity index (χ4v) is 2.76. The van der Waals surface area contributed by atoms with Gasteiger partial charge in [0, 0.05) is 34.4 Å². The van der Waals surface area contributed by atoms with Gasteiger partial charge >= 0.3 is 0 Å². The molecule has 0 heterocycles. The van der Waals surface area contributed by atoms with Gasteiger partial charge in [-0.15, -0.1) is 0 Å². The Bertz CT molecular complexity index is 511. The van der Waals surface area contributed by atoms with Crippen LogP contribution in [0.15, 0.2) is 16.6 Å². The minimum atomic E-state index is -0.864. The summed E-state index contributed by atoms with van der Waals surface area (Å²) >= 11 is 7.97. The lowest BCUT2D eigenvalue weighted by Crippen LogP contribution is -2.16. The number of thiocarbonyl (C=S) groups is 1. The Kier molecular flexibility index (Phi) is 6.35. The Morgan fingerprint density at radius 3 is 2.79 bits per heavy atom. The molecule has 7 heteroatoms. The molecular weight excluding hydrogens is 351 g/mol. The molecule has 0 saturated carbocycles. The first-order valence-electron chi connectivity index (χ1n) is 5.68. The van der Waals surface area contributed by atoms with Crippen LogP contribution in [-0.4, -0.2) is 27.2 Å². The molecular formula is C12H16BrFN2OS2. The summed E-state index contributed by atoms with van der Waals surface area (Å²) in [6.45, 7) is 2.45. The Hall–Kier alpha value is -0.530. The average molecular weight is 367 g/mol. The van der Waals surface area contributed by atoms with Crippen molar-refractivity contribution in [2.24, 2.45) is 5.73 Å². The van der Waals surface area contributed by atoms with Crippen LogP contribution in [-0.2, 0) is 10.8 Å². The summed E-state index contributed by atoms with van der Waals surface area (Å²) in [5.41, 5.74) is 6.34. The van der Waals surface area contributed by atoms with E-state index in [0.717, 1.165) is 0 Å². The average Bonchev–Trinajstić information content (AvgIpc) is 2.33. The lowest BCUT2D eigenvalue weighted by atomic mass is 10.2. The van der Waals surface area contributed by atoms with Crippen LogP contribution < -0.4 is 11.1 Å². The number of hydrogen-bond acceptors (Lipinski definition) is 3. The summed E-state index contributed by atoms with van der Waals surface area (Å²) in [7, 11) is -0.864. The molecule has 0 saturated heterocycles. The Morgan fingerprint density at radius 1 is 1.63 bits per heavy atom. The van der Waals surface area contributed by atoms with Crippen LogP contribution in [0.2, 0.25) is 0 Å². The van der Waals surface area contributed by atoms with Crippen molar-refractivity contribution in [2.45, 2.75) is 18.6 Å². The molecule has 2 unspecified atom stereocenters. The van der Waals surface area contributed by atoms with Crippen molar-refractivity contribution in [3.63, 3.8) is 0 Å². The monoisotopic (exact) mass is 366 g/mol. The Balaban J connectivity index is 2.73. The third kappa shape index (κ3) is 4.50. The molecule has 0 amide bonds. The number of halogens is 2. The Labute approximate surface area is 128 Å². The Morgan fingerprint density at radius 2 is 2.26 bits per heavy atom. The molecule has 0 radical (unpaired) electrons. The van der Waals surface area contributed by atoms with Gasteiger partial charge < -0.3 is 11.1 Å². The van der Waals surface area contributed by atoms with Gasteiger partial charge in [-0.2, -0.15) is 0 Å². The first-order valence-corrected chi connectivity index (χ1v) is 8.50. The molecule has 1 aromatic rings. The highest BCUT2D eigenvalue weighted by Gasteiger charge is 2.13. The molecule has 1 aromatic carbocycles. The molecule has 0 spiro atoms. The van der Waals surface area contributed by atoms with Crippen molar-refractivity contribution in [3.8, 4) is 0 Å². The zero-order chi connectivity index (χ0) is 14.6. The van der Waals surface area contributed by atoms with Crippen molar-refractivity contribution >= 4 is 49.6 Å². The van der Waals surface area contributed by atoms with Gasteiger partial charge in [0.2, 0.25) is 0 Å². The molecule has 106 valence electrons. The van der Waals surface area contributed by atoms with E-state index in [1.807, 2.05) is 6.92 Å². The highest BCUT2D eigenvalue weighted by atomic mass is 79.9. The molecule has 0 aliphatic rings. The van der Waals surface area contributed by atoms with E-state index in [0.29, 0.717) is 24.2 Å². The maximum Gasteiger partial charge on any atom is 0.161 e. The van der Waals surface area contributed by atoms with E-state index < -0.39 is 16.6 Å². The summed E-state index contributed by atoms with van der Waals surface area (Å²) in [5, 5.41) is 3.06. The van der Waals surface area contributed by atoms with Gasteiger partial charge in [-0.1, -0.05) is 19.1 Å². The SMILES string of the molecule is CC(CCNc1ccc(C(N)=S)c(Br)c1F)S(C)=O. The summed E-state index contributed by atoms with van der Waals surface area (Å²) in [4.78, 5) is 0.146. The smallest absolute Gasteiger partial charge is 0.161 e. The van der Waals surface area contributed by atoms with E-state index >= 15 is 0 Å². The van der Waals surface area contributed by atoms with Crippen molar-refractivity contribution in [2.75, 3.05) is 18.1 Å². The van der Waals surface area contributed by atoms with Crippen molar-refractivity contribution in [1.82, 2.24) is 0 Å². The van der Waals surface area contributed by atoms with Gasteiger partial charge in [0.05, 0.1) is 10.2 Å². The lowest BCUT2D eigenvalue weighted by molar-refractivity contribution is 0.622. The third-order valence-corrected chi connectivity index (χ3v) is 5.14. The summed E-state index contributed by atoms with van der Waals surface area (Å²) in [5.74, 6) is -0.421. The first kappa shape index (κ1) is 16.5. The van der Waals surface area contributed by atoms with Crippen LogP contribution in [0.1, 0.15) is 18.9 Å². The number of rotatable bonds is 6. The highest BCUT2D eigenvalue weighted by Crippen LogP contribution is 2.27. The number of nitrogens with two attached hydrogens (primary N) is 1. The maximum absolute atomic E-state index is 14.0. The van der Waals surface area contributed by atoms with Crippen molar-refractivity contribution in [1.29, 1.82) is 0 Å². The van der Waals surface area contributed by atoms with Gasteiger partial charge in [-0.3, -0.25) is 4.21 Å². The quantitative estimate of drug-likeness (QED) is 0.760. The molecule has 0 bridgehead atoms. The summed E-state index contributed by atoms with van der Waals surface area (Å²) < 4.78 is 25.5. The zero-order valence-electron chi connectivity index (χ0n) is 10.7. The molecule has 19 heavy (non-hydrogen) atoms. The molecule has 3 N–H and O–H groups in total. The van der Waals surface area contributed by atoms with Gasteiger partial charge in [-0.05, 0) is 34.5 Å². The second-order valence-corrected chi connectivity index (χ2v) is 7.21. The predicted molar refractivity (Wildman–Crippen MR) is 86.6 cm³/mol. The van der Waals surface area contributed by atoms with Crippen LogP contribution in [0, 0.1) is 5.82 Å². The van der Waals surface area contributed by atoms with Gasteiger partial charge in [0.15, 0.2) is 5.82 Å². The van der Waals surface area contributed by atoms with E-state index in [-0.39, 0.29) is 14.7 Å². The molecule has 2 atom stereocenters. The largest absolute Gasteiger partial charge is 0.389 e. The van der Waals surface area contributed by atoms with E-state index in [1.165, 1.54) is 0 Å². The molecule has 0 fully saturated rings. The predicted octanol–water partition coefficient (Wildman–Crippen LogP) is 2.79. The van der Waals surface area contributed by atoms with Crippen LogP contribution in [0.25, 0.3) is 0 Å². The van der Waals surface area contributed by atoms with Crippen LogP contribution in [0.4, 0.5) is 10.1 Å². The third-order valence-electron chi connectivity index (χ3n) is 2.78. The van der Waals surface area contributed by atoms with Gasteiger partial charge in [0.1, 0.15) is 4.99 Å². The van der Waals surface area contributed by atoms with Gasteiger partial charge in [0.25, 0.3) is 0 Å². The normalized spacial score (nSPS) is 13.9. The maximum atomic E-state index is 14.0. The van der Waals surface area contributed by atoms with Crippen LogP contribution >= 0.6 is 28.1 Å². The summed E-state index contributed by atoms with van der Waals surface area (Å²) in [6.07, 6.45) is 2.37. The van der Waals surface area contributed by atoms with Crippen molar-refractivity contribution < 1.29 is 8.60 Å². The minimum Gasteiger partial charge on any atom is -0.389 e. The van der Waals surface area contributed by atoms with E-state index in [1.54, 1.807) is 18.4 Å². The van der Waals surface area contributed by atoms with Crippen molar-refractivity contribution in [3.05, 3.63) is 28.0 Å². The minimum absolute atomic E-state index is 0.0786. The number of anilines is 1. The molecule has 0 aliphatic carbocycles. The fraction of sp³-hybridized carbons (Fsp3) is 0.417. The summed E-state index contributed by atoms with van der Waals surface area (Å²) in [6, 6.07) is 3.27. The highest BCUT2D eigenvalue weighted by molar-refractivity contribution is 9.10. The second-order valence-electron chi connectivity index (χ2n) is 4.18. The lowest BCUT2D eigenvalue weighted by Gasteiger charge is -2.13. The first-order chi connectivity index (χ1) is 8.84.